The van der Waals surface area contributed by atoms with Gasteiger partial charge in [-0.15, -0.1) is 0 Å². The first kappa shape index (κ1) is 16.7. The summed E-state index contributed by atoms with van der Waals surface area (Å²) in [6, 6.07) is 4.26. The maximum Gasteiger partial charge on any atom is 0.335 e. The standard InChI is InChI=1S/C15H20N2O4/c1-10(2)9-21-7-6-16-15(20)17-12-4-5-13(14(18)19)11(3)8-12/h4-5,8H,1,6-7,9H2,2-3H3,(H,18,19)(H2,16,17,20). The highest BCUT2D eigenvalue weighted by Crippen LogP contribution is 2.15. The van der Waals surface area contributed by atoms with Gasteiger partial charge in [-0.05, 0) is 37.6 Å². The fourth-order valence-electron chi connectivity index (χ4n) is 1.64. The lowest BCUT2D eigenvalue weighted by Crippen LogP contribution is -2.31. The molecule has 0 spiro atoms. The maximum atomic E-state index is 11.6. The van der Waals surface area contributed by atoms with Crippen LogP contribution >= 0.6 is 0 Å². The van der Waals surface area contributed by atoms with Gasteiger partial charge in [-0.1, -0.05) is 12.2 Å². The van der Waals surface area contributed by atoms with Crippen molar-refractivity contribution in [2.75, 3.05) is 25.1 Å². The number of aromatic carboxylic acids is 1. The molecule has 0 heterocycles. The minimum atomic E-state index is -0.988. The number of hydrogen-bond acceptors (Lipinski definition) is 3. The first-order valence-corrected chi connectivity index (χ1v) is 6.51. The molecule has 6 heteroatoms. The Kier molecular flexibility index (Phi) is 6.42. The van der Waals surface area contributed by atoms with Crippen LogP contribution in [0, 0.1) is 6.92 Å². The molecule has 114 valence electrons. The number of nitrogens with one attached hydrogen (secondary N) is 2. The Bertz CT molecular complexity index is 540. The first-order chi connectivity index (χ1) is 9.90. The normalized spacial score (nSPS) is 10.0. The van der Waals surface area contributed by atoms with Crippen LogP contribution in [-0.4, -0.2) is 36.9 Å². The summed E-state index contributed by atoms with van der Waals surface area (Å²) in [5.74, 6) is -0.988. The number of anilines is 1. The lowest BCUT2D eigenvalue weighted by molar-refractivity contribution is 0.0696. The number of carboxylic acid groups (broad SMARTS) is 1. The number of benzene rings is 1. The van der Waals surface area contributed by atoms with Gasteiger partial charge in [-0.25, -0.2) is 9.59 Å². The molecule has 0 unspecified atom stereocenters. The van der Waals surface area contributed by atoms with E-state index in [4.69, 9.17) is 9.84 Å². The molecular formula is C15H20N2O4. The Morgan fingerprint density at radius 2 is 2.10 bits per heavy atom. The summed E-state index contributed by atoms with van der Waals surface area (Å²) in [7, 11) is 0. The van der Waals surface area contributed by atoms with Gasteiger partial charge in [0.2, 0.25) is 0 Å². The Hall–Kier alpha value is -2.34. The van der Waals surface area contributed by atoms with Crippen LogP contribution in [-0.2, 0) is 4.74 Å². The molecule has 0 aliphatic carbocycles. The SMILES string of the molecule is C=C(C)COCCNC(=O)Nc1ccc(C(=O)O)c(C)c1. The zero-order valence-electron chi connectivity index (χ0n) is 12.2. The van der Waals surface area contributed by atoms with Crippen LogP contribution in [0.2, 0.25) is 0 Å². The highest BCUT2D eigenvalue weighted by atomic mass is 16.5. The summed E-state index contributed by atoms with van der Waals surface area (Å²) in [5.41, 5.74) is 2.27. The average molecular weight is 292 g/mol. The molecule has 2 amide bonds. The molecule has 0 fully saturated rings. The zero-order valence-corrected chi connectivity index (χ0v) is 12.2. The molecule has 3 N–H and O–H groups in total. The molecule has 1 rings (SSSR count). The van der Waals surface area contributed by atoms with Gasteiger partial charge in [0.25, 0.3) is 0 Å². The van der Waals surface area contributed by atoms with E-state index in [1.165, 1.54) is 6.07 Å². The second kappa shape index (κ2) is 8.06. The van der Waals surface area contributed by atoms with Gasteiger partial charge in [0.1, 0.15) is 0 Å². The van der Waals surface area contributed by atoms with E-state index in [1.807, 2.05) is 6.92 Å². The largest absolute Gasteiger partial charge is 0.478 e. The van der Waals surface area contributed by atoms with E-state index in [2.05, 4.69) is 17.2 Å². The van der Waals surface area contributed by atoms with Crippen LogP contribution in [0.25, 0.3) is 0 Å². The molecule has 0 atom stereocenters. The highest BCUT2D eigenvalue weighted by molar-refractivity contribution is 5.92. The lowest BCUT2D eigenvalue weighted by atomic mass is 10.1. The number of aryl methyl sites for hydroxylation is 1. The quantitative estimate of drug-likeness (QED) is 0.532. The topological polar surface area (TPSA) is 87.7 Å². The minimum Gasteiger partial charge on any atom is -0.478 e. The van der Waals surface area contributed by atoms with Gasteiger partial charge in [0, 0.05) is 12.2 Å². The van der Waals surface area contributed by atoms with Gasteiger partial charge in [0.15, 0.2) is 0 Å². The Morgan fingerprint density at radius 3 is 2.67 bits per heavy atom. The van der Waals surface area contributed by atoms with Gasteiger partial charge in [-0.2, -0.15) is 0 Å². The molecule has 0 aromatic heterocycles. The summed E-state index contributed by atoms with van der Waals surface area (Å²) in [6.07, 6.45) is 0. The zero-order chi connectivity index (χ0) is 15.8. The van der Waals surface area contributed by atoms with E-state index < -0.39 is 5.97 Å². The van der Waals surface area contributed by atoms with E-state index >= 15 is 0 Å². The minimum absolute atomic E-state index is 0.217. The van der Waals surface area contributed by atoms with Crippen molar-refractivity contribution in [1.29, 1.82) is 0 Å². The van der Waals surface area contributed by atoms with Crippen LogP contribution < -0.4 is 10.6 Å². The van der Waals surface area contributed by atoms with Crippen molar-refractivity contribution in [3.63, 3.8) is 0 Å². The number of carboxylic acids is 1. The van der Waals surface area contributed by atoms with Crippen LogP contribution in [0.3, 0.4) is 0 Å². The third-order valence-electron chi connectivity index (χ3n) is 2.60. The van der Waals surface area contributed by atoms with E-state index in [-0.39, 0.29) is 11.6 Å². The molecule has 0 saturated heterocycles. The fourth-order valence-corrected chi connectivity index (χ4v) is 1.64. The van der Waals surface area contributed by atoms with Gasteiger partial charge in [-0.3, -0.25) is 0 Å². The number of urea groups is 1. The summed E-state index contributed by atoms with van der Waals surface area (Å²) in [5, 5.41) is 14.2. The summed E-state index contributed by atoms with van der Waals surface area (Å²) < 4.78 is 5.25. The number of carbonyl (C=O) groups is 2. The van der Waals surface area contributed by atoms with Crippen molar-refractivity contribution in [2.45, 2.75) is 13.8 Å². The Balaban J connectivity index is 2.39. The first-order valence-electron chi connectivity index (χ1n) is 6.51. The highest BCUT2D eigenvalue weighted by Gasteiger charge is 2.08. The number of ether oxygens (including phenoxy) is 1. The molecule has 21 heavy (non-hydrogen) atoms. The second-order valence-electron chi connectivity index (χ2n) is 4.73. The van der Waals surface area contributed by atoms with Crippen LogP contribution in [0.4, 0.5) is 10.5 Å². The van der Waals surface area contributed by atoms with Crippen LogP contribution in [0.5, 0.6) is 0 Å². The third kappa shape index (κ3) is 6.09. The number of hydrogen-bond donors (Lipinski definition) is 3. The molecular weight excluding hydrogens is 272 g/mol. The van der Waals surface area contributed by atoms with Crippen molar-refractivity contribution in [3.8, 4) is 0 Å². The molecule has 0 saturated carbocycles. The summed E-state index contributed by atoms with van der Waals surface area (Å²) in [4.78, 5) is 22.5. The van der Waals surface area contributed by atoms with Gasteiger partial charge in [0.05, 0.1) is 18.8 Å². The van der Waals surface area contributed by atoms with Crippen LogP contribution in [0.15, 0.2) is 30.4 Å². The number of rotatable bonds is 7. The Morgan fingerprint density at radius 1 is 1.38 bits per heavy atom. The predicted molar refractivity (Wildman–Crippen MR) is 80.8 cm³/mol. The molecule has 0 aliphatic heterocycles. The van der Waals surface area contributed by atoms with E-state index in [0.717, 1.165) is 5.57 Å². The predicted octanol–water partition coefficient (Wildman–Crippen LogP) is 2.41. The number of amides is 2. The van der Waals surface area contributed by atoms with Crippen molar-refractivity contribution >= 4 is 17.7 Å². The van der Waals surface area contributed by atoms with Crippen LogP contribution in [0.1, 0.15) is 22.8 Å². The van der Waals surface area contributed by atoms with Gasteiger partial charge >= 0.3 is 12.0 Å². The molecule has 0 aliphatic rings. The molecule has 0 bridgehead atoms. The second-order valence-corrected chi connectivity index (χ2v) is 4.73. The summed E-state index contributed by atoms with van der Waals surface area (Å²) in [6.45, 7) is 8.50. The van der Waals surface area contributed by atoms with Crippen molar-refractivity contribution in [3.05, 3.63) is 41.5 Å². The van der Waals surface area contributed by atoms with E-state index in [1.54, 1.807) is 19.1 Å². The lowest BCUT2D eigenvalue weighted by Gasteiger charge is -2.09. The third-order valence-corrected chi connectivity index (χ3v) is 2.60. The van der Waals surface area contributed by atoms with Gasteiger partial charge < -0.3 is 20.5 Å². The molecule has 1 aromatic carbocycles. The fraction of sp³-hybridized carbons (Fsp3) is 0.333. The smallest absolute Gasteiger partial charge is 0.335 e. The Labute approximate surface area is 123 Å². The van der Waals surface area contributed by atoms with Crippen molar-refractivity contribution in [1.82, 2.24) is 5.32 Å². The molecule has 6 nitrogen and oxygen atoms in total. The monoisotopic (exact) mass is 292 g/mol. The number of carbonyl (C=O) groups excluding carboxylic acids is 1. The molecule has 0 radical (unpaired) electrons. The van der Waals surface area contributed by atoms with E-state index in [9.17, 15) is 9.59 Å². The van der Waals surface area contributed by atoms with E-state index in [0.29, 0.717) is 31.0 Å². The van der Waals surface area contributed by atoms with Crippen molar-refractivity contribution in [2.24, 2.45) is 0 Å². The summed E-state index contributed by atoms with van der Waals surface area (Å²) >= 11 is 0. The average Bonchev–Trinajstić information content (AvgIpc) is 2.37. The molecule has 1 aromatic rings. The van der Waals surface area contributed by atoms with Crippen molar-refractivity contribution < 1.29 is 19.4 Å². The maximum absolute atomic E-state index is 11.6.